The number of halogens is 1. The molecule has 1 saturated heterocycles. The van der Waals surface area contributed by atoms with Crippen LogP contribution in [0.1, 0.15) is 25.1 Å². The molecule has 0 bridgehead atoms. The molecule has 1 aliphatic heterocycles. The van der Waals surface area contributed by atoms with Gasteiger partial charge in [0.2, 0.25) is 5.91 Å². The summed E-state index contributed by atoms with van der Waals surface area (Å²) in [5.41, 5.74) is 6.70. The van der Waals surface area contributed by atoms with Gasteiger partial charge in [-0.1, -0.05) is 29.4 Å². The summed E-state index contributed by atoms with van der Waals surface area (Å²) in [6, 6.07) is 0. The second kappa shape index (κ2) is 8.41. The van der Waals surface area contributed by atoms with E-state index >= 15 is 0 Å². The summed E-state index contributed by atoms with van der Waals surface area (Å²) in [5, 5.41) is 9.20. The van der Waals surface area contributed by atoms with Crippen LogP contribution in [0.5, 0.6) is 0 Å². The number of carbonyl (C=O) groups is 1. The summed E-state index contributed by atoms with van der Waals surface area (Å²) in [5.74, 6) is 1.17. The van der Waals surface area contributed by atoms with Crippen molar-refractivity contribution in [2.45, 2.75) is 43.5 Å². The third kappa shape index (κ3) is 5.01. The molecule has 1 atom stereocenters. The van der Waals surface area contributed by atoms with Crippen molar-refractivity contribution in [1.29, 1.82) is 0 Å². The van der Waals surface area contributed by atoms with E-state index in [1.54, 1.807) is 11.8 Å². The Hall–Kier alpha value is -1.05. The molecule has 21 heavy (non-hydrogen) atoms. The quantitative estimate of drug-likeness (QED) is 0.734. The summed E-state index contributed by atoms with van der Waals surface area (Å²) >= 11 is 7.08. The number of primary amides is 1. The fraction of sp³-hybridized carbons (Fsp3) is 0.615. The van der Waals surface area contributed by atoms with E-state index in [1.165, 1.54) is 5.54 Å². The number of thioether (sulfide) groups is 1. The minimum atomic E-state index is -0.332. The van der Waals surface area contributed by atoms with Gasteiger partial charge in [-0.15, -0.1) is 10.2 Å². The predicted molar refractivity (Wildman–Crippen MR) is 82.2 cm³/mol. The van der Waals surface area contributed by atoms with Gasteiger partial charge in [0.15, 0.2) is 5.16 Å². The number of hydrogen-bond acceptors (Lipinski definition) is 5. The van der Waals surface area contributed by atoms with Gasteiger partial charge in [0.05, 0.1) is 12.6 Å². The van der Waals surface area contributed by atoms with Gasteiger partial charge in [-0.05, 0) is 12.8 Å². The van der Waals surface area contributed by atoms with Crippen molar-refractivity contribution in [3.05, 3.63) is 17.4 Å². The molecule has 1 aromatic heterocycles. The zero-order valence-corrected chi connectivity index (χ0v) is 13.3. The second-order valence-corrected chi connectivity index (χ2v) is 6.02. The Bertz CT molecular complexity index is 500. The molecule has 0 spiro atoms. The predicted octanol–water partition coefficient (Wildman–Crippen LogP) is 1.72. The maximum absolute atomic E-state index is 11.0. The van der Waals surface area contributed by atoms with Crippen molar-refractivity contribution < 1.29 is 9.53 Å². The standard InChI is InChI=1S/C13H19ClN4O2S/c14-6-2-8-21-13-17-16-12(5-4-11(15)19)18(13)9-10-3-1-7-20-10/h2,6,10H,1,3-5,7-9H2,(H2,15,19)/b6-2+. The third-order valence-corrected chi connectivity index (χ3v) is 4.29. The first-order chi connectivity index (χ1) is 10.2. The van der Waals surface area contributed by atoms with E-state index in [0.717, 1.165) is 36.2 Å². The highest BCUT2D eigenvalue weighted by atomic mass is 35.5. The number of ether oxygens (including phenoxy) is 1. The molecule has 1 aromatic rings. The van der Waals surface area contributed by atoms with Gasteiger partial charge in [-0.2, -0.15) is 0 Å². The summed E-state index contributed by atoms with van der Waals surface area (Å²) in [7, 11) is 0. The fourth-order valence-corrected chi connectivity index (χ4v) is 3.15. The van der Waals surface area contributed by atoms with E-state index in [-0.39, 0.29) is 18.4 Å². The van der Waals surface area contributed by atoms with Crippen molar-refractivity contribution in [2.24, 2.45) is 5.73 Å². The van der Waals surface area contributed by atoms with Gasteiger partial charge in [0.25, 0.3) is 0 Å². The molecule has 1 fully saturated rings. The number of nitrogens with two attached hydrogens (primary N) is 1. The Balaban J connectivity index is 2.08. The first kappa shape index (κ1) is 16.3. The number of amides is 1. The average Bonchev–Trinajstić information content (AvgIpc) is 3.08. The highest BCUT2D eigenvalue weighted by molar-refractivity contribution is 7.99. The number of nitrogens with zero attached hydrogens (tertiary/aromatic N) is 3. The molecule has 2 N–H and O–H groups in total. The summed E-state index contributed by atoms with van der Waals surface area (Å²) in [4.78, 5) is 11.0. The van der Waals surface area contributed by atoms with Gasteiger partial charge in [0, 0.05) is 30.7 Å². The topological polar surface area (TPSA) is 83.0 Å². The van der Waals surface area contributed by atoms with Gasteiger partial charge in [0.1, 0.15) is 5.82 Å². The Morgan fingerprint density at radius 1 is 1.57 bits per heavy atom. The van der Waals surface area contributed by atoms with Crippen LogP contribution in [0.15, 0.2) is 16.8 Å². The number of carbonyl (C=O) groups excluding carboxylic acids is 1. The summed E-state index contributed by atoms with van der Waals surface area (Å²) < 4.78 is 7.71. The van der Waals surface area contributed by atoms with Crippen LogP contribution in [0.4, 0.5) is 0 Å². The Morgan fingerprint density at radius 3 is 3.10 bits per heavy atom. The van der Waals surface area contributed by atoms with Crippen molar-refractivity contribution in [2.75, 3.05) is 12.4 Å². The molecule has 1 amide bonds. The summed E-state index contributed by atoms with van der Waals surface area (Å²) in [6.07, 6.45) is 4.94. The minimum absolute atomic E-state index is 0.191. The molecule has 2 heterocycles. The first-order valence-electron chi connectivity index (χ1n) is 6.90. The van der Waals surface area contributed by atoms with Crippen LogP contribution in [0.2, 0.25) is 0 Å². The lowest BCUT2D eigenvalue weighted by molar-refractivity contribution is -0.118. The molecule has 0 radical (unpaired) electrons. The van der Waals surface area contributed by atoms with Crippen molar-refractivity contribution >= 4 is 29.3 Å². The number of aromatic nitrogens is 3. The molecule has 0 aromatic carbocycles. The molecule has 116 valence electrons. The van der Waals surface area contributed by atoms with E-state index < -0.39 is 0 Å². The van der Waals surface area contributed by atoms with Gasteiger partial charge < -0.3 is 15.0 Å². The molecule has 2 rings (SSSR count). The molecular weight excluding hydrogens is 312 g/mol. The number of hydrogen-bond donors (Lipinski definition) is 1. The van der Waals surface area contributed by atoms with Crippen molar-refractivity contribution in [3.63, 3.8) is 0 Å². The van der Waals surface area contributed by atoms with Crippen LogP contribution in [-0.4, -0.2) is 39.1 Å². The van der Waals surface area contributed by atoms with Crippen LogP contribution in [-0.2, 0) is 22.5 Å². The molecule has 1 aliphatic rings. The summed E-state index contributed by atoms with van der Waals surface area (Å²) in [6.45, 7) is 1.52. The number of rotatable bonds is 8. The molecule has 0 saturated carbocycles. The maximum Gasteiger partial charge on any atom is 0.217 e. The molecular formula is C13H19ClN4O2S. The van der Waals surface area contributed by atoms with Crippen LogP contribution >= 0.6 is 23.4 Å². The van der Waals surface area contributed by atoms with Crippen LogP contribution in [0.3, 0.4) is 0 Å². The van der Waals surface area contributed by atoms with Crippen molar-refractivity contribution in [1.82, 2.24) is 14.8 Å². The van der Waals surface area contributed by atoms with Crippen LogP contribution in [0, 0.1) is 0 Å². The molecule has 6 nitrogen and oxygen atoms in total. The minimum Gasteiger partial charge on any atom is -0.376 e. The van der Waals surface area contributed by atoms with E-state index in [9.17, 15) is 4.79 Å². The SMILES string of the molecule is NC(=O)CCc1nnc(SC/C=C/Cl)n1CC1CCCO1. The van der Waals surface area contributed by atoms with Crippen LogP contribution < -0.4 is 5.73 Å². The Morgan fingerprint density at radius 2 is 2.43 bits per heavy atom. The molecule has 0 aliphatic carbocycles. The molecule has 8 heteroatoms. The van der Waals surface area contributed by atoms with E-state index in [1.807, 2.05) is 10.6 Å². The van der Waals surface area contributed by atoms with Crippen molar-refractivity contribution in [3.8, 4) is 0 Å². The third-order valence-electron chi connectivity index (χ3n) is 3.20. The highest BCUT2D eigenvalue weighted by Crippen LogP contribution is 2.22. The normalized spacial score (nSPS) is 18.6. The second-order valence-electron chi connectivity index (χ2n) is 4.78. The van der Waals surface area contributed by atoms with Gasteiger partial charge in [-0.25, -0.2) is 0 Å². The van der Waals surface area contributed by atoms with Gasteiger partial charge in [-0.3, -0.25) is 4.79 Å². The zero-order chi connectivity index (χ0) is 15.1. The number of aryl methyl sites for hydroxylation is 1. The first-order valence-corrected chi connectivity index (χ1v) is 8.33. The smallest absolute Gasteiger partial charge is 0.217 e. The van der Waals surface area contributed by atoms with E-state index in [4.69, 9.17) is 22.1 Å². The van der Waals surface area contributed by atoms with Gasteiger partial charge >= 0.3 is 0 Å². The Kier molecular flexibility index (Phi) is 6.53. The Labute approximate surface area is 133 Å². The maximum atomic E-state index is 11.0. The monoisotopic (exact) mass is 330 g/mol. The fourth-order valence-electron chi connectivity index (χ4n) is 2.18. The van der Waals surface area contributed by atoms with E-state index in [0.29, 0.717) is 13.0 Å². The zero-order valence-electron chi connectivity index (χ0n) is 11.7. The largest absolute Gasteiger partial charge is 0.376 e. The lowest BCUT2D eigenvalue weighted by Crippen LogP contribution is -2.19. The van der Waals surface area contributed by atoms with E-state index in [2.05, 4.69) is 10.2 Å². The van der Waals surface area contributed by atoms with Crippen LogP contribution in [0.25, 0.3) is 0 Å². The lowest BCUT2D eigenvalue weighted by atomic mass is 10.2. The lowest BCUT2D eigenvalue weighted by Gasteiger charge is -2.14. The highest BCUT2D eigenvalue weighted by Gasteiger charge is 2.20. The average molecular weight is 331 g/mol. The molecule has 1 unspecified atom stereocenters.